The number of carbonyl (C=O) groups excluding carboxylic acids is 1. The molecule has 37 heavy (non-hydrogen) atoms. The Balaban J connectivity index is 1.99. The number of carbonyl (C=O) groups is 1. The molecule has 0 atom stereocenters. The van der Waals surface area contributed by atoms with Crippen LogP contribution in [0.1, 0.15) is 70.1 Å². The van der Waals surface area contributed by atoms with E-state index < -0.39 is 23.2 Å². The molecule has 0 aliphatic heterocycles. The molecule has 6 nitrogen and oxygen atoms in total. The fourth-order valence-electron chi connectivity index (χ4n) is 3.51. The van der Waals surface area contributed by atoms with Crippen LogP contribution >= 0.6 is 11.6 Å². The summed E-state index contributed by atoms with van der Waals surface area (Å²) in [5.74, 6) is -0.264. The normalized spacial score (nSPS) is 12.3. The number of amides is 1. The van der Waals surface area contributed by atoms with E-state index in [0.717, 1.165) is 25.0 Å². The highest BCUT2D eigenvalue weighted by Gasteiger charge is 2.52. The van der Waals surface area contributed by atoms with Crippen LogP contribution in [-0.4, -0.2) is 27.0 Å². The number of alkyl halides is 3. The largest absolute Gasteiger partial charge is 0.402 e. The monoisotopic (exact) mass is 534 g/mol. The van der Waals surface area contributed by atoms with Crippen molar-refractivity contribution in [1.82, 2.24) is 20.3 Å². The predicted molar refractivity (Wildman–Crippen MR) is 138 cm³/mol. The SMILES string of the molecule is CC(C)c1cc(-c2nc(-c3cc(CNC(=O)C(C)(C)C(F)(F)F)ccc3Cl)[nH]c(=O)n2)cc(C(C)C)c1. The van der Waals surface area contributed by atoms with Crippen molar-refractivity contribution >= 4 is 17.5 Å². The summed E-state index contributed by atoms with van der Waals surface area (Å²) in [6, 6.07) is 10.7. The first-order valence-electron chi connectivity index (χ1n) is 11.9. The lowest BCUT2D eigenvalue weighted by Crippen LogP contribution is -2.46. The molecular weight excluding hydrogens is 505 g/mol. The fraction of sp³-hybridized carbons (Fsp3) is 0.407. The average Bonchev–Trinajstić information content (AvgIpc) is 2.81. The Hall–Kier alpha value is -3.20. The molecule has 0 fully saturated rings. The molecule has 2 N–H and O–H groups in total. The summed E-state index contributed by atoms with van der Waals surface area (Å²) < 4.78 is 39.5. The molecule has 0 aliphatic carbocycles. The van der Waals surface area contributed by atoms with Gasteiger partial charge < -0.3 is 5.32 Å². The Bertz CT molecular complexity index is 1340. The van der Waals surface area contributed by atoms with Gasteiger partial charge >= 0.3 is 11.9 Å². The number of aromatic nitrogens is 3. The quantitative estimate of drug-likeness (QED) is 0.357. The first-order chi connectivity index (χ1) is 17.1. The van der Waals surface area contributed by atoms with Gasteiger partial charge in [-0.15, -0.1) is 0 Å². The minimum atomic E-state index is -4.69. The van der Waals surface area contributed by atoms with E-state index in [4.69, 9.17) is 11.6 Å². The summed E-state index contributed by atoms with van der Waals surface area (Å²) >= 11 is 6.39. The van der Waals surface area contributed by atoms with Gasteiger partial charge in [0.25, 0.3) is 0 Å². The Kier molecular flexibility index (Phi) is 8.17. The standard InChI is InChI=1S/C27H30ClF3N4O2/c1-14(2)17-10-18(15(3)4)12-19(11-17)22-33-23(35-25(37)34-22)20-9-16(7-8-21(20)28)13-32-24(36)26(5,6)27(29,30)31/h7-12,14-15H,13H2,1-6H3,(H,32,36)(H,33,34,35,37). The molecule has 0 saturated heterocycles. The Morgan fingerprint density at radius 2 is 1.59 bits per heavy atom. The van der Waals surface area contributed by atoms with Crippen LogP contribution in [0.2, 0.25) is 5.02 Å². The zero-order valence-electron chi connectivity index (χ0n) is 21.5. The highest BCUT2D eigenvalue weighted by atomic mass is 35.5. The lowest BCUT2D eigenvalue weighted by atomic mass is 9.91. The van der Waals surface area contributed by atoms with Gasteiger partial charge in [0.1, 0.15) is 11.2 Å². The number of hydrogen-bond acceptors (Lipinski definition) is 4. The van der Waals surface area contributed by atoms with E-state index >= 15 is 0 Å². The minimum Gasteiger partial charge on any atom is -0.351 e. The van der Waals surface area contributed by atoms with Gasteiger partial charge in [0, 0.05) is 17.7 Å². The number of benzene rings is 2. The lowest BCUT2D eigenvalue weighted by Gasteiger charge is -2.26. The van der Waals surface area contributed by atoms with Gasteiger partial charge in [-0.3, -0.25) is 9.78 Å². The number of nitrogens with one attached hydrogen (secondary N) is 2. The third-order valence-electron chi connectivity index (χ3n) is 6.23. The molecule has 0 spiro atoms. The van der Waals surface area contributed by atoms with E-state index in [1.165, 1.54) is 6.07 Å². The van der Waals surface area contributed by atoms with E-state index in [1.54, 1.807) is 12.1 Å². The zero-order valence-corrected chi connectivity index (χ0v) is 22.3. The molecule has 0 aliphatic rings. The number of nitrogens with zero attached hydrogens (tertiary/aromatic N) is 2. The van der Waals surface area contributed by atoms with Gasteiger partial charge in [-0.05, 0) is 66.6 Å². The molecule has 2 aromatic carbocycles. The molecule has 0 radical (unpaired) electrons. The summed E-state index contributed by atoms with van der Waals surface area (Å²) in [5, 5.41) is 2.59. The first-order valence-corrected chi connectivity index (χ1v) is 12.3. The summed E-state index contributed by atoms with van der Waals surface area (Å²) in [6.07, 6.45) is -4.69. The number of hydrogen-bond donors (Lipinski definition) is 2. The third kappa shape index (κ3) is 6.39. The van der Waals surface area contributed by atoms with Gasteiger partial charge in [0.15, 0.2) is 5.82 Å². The maximum absolute atomic E-state index is 13.2. The smallest absolute Gasteiger partial charge is 0.351 e. The zero-order chi connectivity index (χ0) is 27.7. The Morgan fingerprint density at radius 1 is 1.00 bits per heavy atom. The van der Waals surface area contributed by atoms with Gasteiger partial charge in [0.2, 0.25) is 5.91 Å². The van der Waals surface area contributed by atoms with Crippen molar-refractivity contribution < 1.29 is 18.0 Å². The molecule has 198 valence electrons. The Labute approximate surface area is 218 Å². The highest BCUT2D eigenvalue weighted by molar-refractivity contribution is 6.33. The van der Waals surface area contributed by atoms with Crippen LogP contribution in [0.3, 0.4) is 0 Å². The van der Waals surface area contributed by atoms with Crippen LogP contribution < -0.4 is 11.0 Å². The summed E-state index contributed by atoms with van der Waals surface area (Å²) in [5.41, 5.74) is 0.533. The highest BCUT2D eigenvalue weighted by Crippen LogP contribution is 2.37. The predicted octanol–water partition coefficient (Wildman–Crippen LogP) is 6.60. The molecule has 0 bridgehead atoms. The number of aromatic amines is 1. The van der Waals surface area contributed by atoms with Crippen molar-refractivity contribution in [1.29, 1.82) is 0 Å². The van der Waals surface area contributed by atoms with Crippen LogP contribution in [0.25, 0.3) is 22.8 Å². The molecule has 0 unspecified atom stereocenters. The first kappa shape index (κ1) is 28.4. The second-order valence-corrected chi connectivity index (χ2v) is 10.6. The lowest BCUT2D eigenvalue weighted by molar-refractivity contribution is -0.211. The van der Waals surface area contributed by atoms with Crippen molar-refractivity contribution in [3.05, 3.63) is 68.6 Å². The maximum Gasteiger partial charge on any atom is 0.402 e. The van der Waals surface area contributed by atoms with Gasteiger partial charge in [0.05, 0.1) is 5.02 Å². The fourth-order valence-corrected chi connectivity index (χ4v) is 3.72. The van der Waals surface area contributed by atoms with E-state index in [1.807, 2.05) is 12.1 Å². The molecule has 3 rings (SSSR count). The third-order valence-corrected chi connectivity index (χ3v) is 6.56. The van der Waals surface area contributed by atoms with Gasteiger partial charge in [-0.25, -0.2) is 9.78 Å². The number of H-pyrrole nitrogens is 1. The minimum absolute atomic E-state index is 0.157. The van der Waals surface area contributed by atoms with Crippen LogP contribution in [0.4, 0.5) is 13.2 Å². The summed E-state index contributed by atoms with van der Waals surface area (Å²) in [4.78, 5) is 35.9. The second-order valence-electron chi connectivity index (χ2n) is 10.1. The molecule has 0 saturated carbocycles. The van der Waals surface area contributed by atoms with E-state index in [-0.39, 0.29) is 35.1 Å². The van der Waals surface area contributed by atoms with Crippen molar-refractivity contribution in [3.8, 4) is 22.8 Å². The number of halogens is 4. The molecule has 1 heterocycles. The summed E-state index contributed by atoms with van der Waals surface area (Å²) in [7, 11) is 0. The van der Waals surface area contributed by atoms with Crippen LogP contribution in [0, 0.1) is 5.41 Å². The molecule has 10 heteroatoms. The molecule has 1 amide bonds. The van der Waals surface area contributed by atoms with Crippen LogP contribution in [0.15, 0.2) is 41.2 Å². The van der Waals surface area contributed by atoms with Crippen LogP contribution in [0.5, 0.6) is 0 Å². The van der Waals surface area contributed by atoms with Gasteiger partial charge in [-0.1, -0.05) is 51.4 Å². The molecular formula is C27H30ClF3N4O2. The second kappa shape index (κ2) is 10.7. The van der Waals surface area contributed by atoms with Crippen molar-refractivity contribution in [3.63, 3.8) is 0 Å². The van der Waals surface area contributed by atoms with Crippen LogP contribution in [-0.2, 0) is 11.3 Å². The molecule has 1 aromatic heterocycles. The van der Waals surface area contributed by atoms with Gasteiger partial charge in [-0.2, -0.15) is 18.2 Å². The van der Waals surface area contributed by atoms with E-state index in [9.17, 15) is 22.8 Å². The van der Waals surface area contributed by atoms with Crippen molar-refractivity contribution in [2.45, 2.75) is 66.1 Å². The van der Waals surface area contributed by atoms with Crippen molar-refractivity contribution in [2.24, 2.45) is 5.41 Å². The number of rotatable bonds is 7. The Morgan fingerprint density at radius 3 is 2.14 bits per heavy atom. The van der Waals surface area contributed by atoms with E-state index in [0.29, 0.717) is 16.7 Å². The molecule has 3 aromatic rings. The maximum atomic E-state index is 13.2. The summed E-state index contributed by atoms with van der Waals surface area (Å²) in [6.45, 7) is 9.78. The van der Waals surface area contributed by atoms with E-state index in [2.05, 4.69) is 54.0 Å². The van der Waals surface area contributed by atoms with Crippen molar-refractivity contribution in [2.75, 3.05) is 0 Å². The average molecular weight is 535 g/mol. The topological polar surface area (TPSA) is 87.7 Å².